The number of halogens is 1. The van der Waals surface area contributed by atoms with Gasteiger partial charge in [0, 0.05) is 24.0 Å². The van der Waals surface area contributed by atoms with Crippen LogP contribution in [0, 0.1) is 0 Å². The number of nitrogens with zero attached hydrogens (tertiary/aromatic N) is 1. The van der Waals surface area contributed by atoms with Crippen molar-refractivity contribution in [2.24, 2.45) is 0 Å². The van der Waals surface area contributed by atoms with Crippen molar-refractivity contribution in [3.05, 3.63) is 35.1 Å². The third-order valence-corrected chi connectivity index (χ3v) is 2.71. The second kappa shape index (κ2) is 3.98. The van der Waals surface area contributed by atoms with Gasteiger partial charge in [-0.25, -0.2) is 0 Å². The topological polar surface area (TPSA) is 68.0 Å². The van der Waals surface area contributed by atoms with Crippen molar-refractivity contribution in [2.45, 2.75) is 0 Å². The minimum atomic E-state index is -0.243. The zero-order valence-electron chi connectivity index (χ0n) is 8.62. The van der Waals surface area contributed by atoms with Gasteiger partial charge < -0.3 is 11.1 Å². The van der Waals surface area contributed by atoms with Crippen LogP contribution in [0.2, 0.25) is 5.02 Å². The average Bonchev–Trinajstić information content (AvgIpc) is 2.32. The normalized spacial score (nSPS) is 10.4. The number of carbonyl (C=O) groups excluding carboxylic acids is 1. The largest absolute Gasteiger partial charge is 0.397 e. The predicted molar refractivity (Wildman–Crippen MR) is 64.6 cm³/mol. The smallest absolute Gasteiger partial charge is 0.270 e. The summed E-state index contributed by atoms with van der Waals surface area (Å²) in [6.45, 7) is 0. The maximum absolute atomic E-state index is 11.6. The first-order valence-electron chi connectivity index (χ1n) is 4.70. The molecule has 0 aliphatic heterocycles. The van der Waals surface area contributed by atoms with E-state index in [2.05, 4.69) is 10.3 Å². The van der Waals surface area contributed by atoms with Crippen LogP contribution in [0.3, 0.4) is 0 Å². The highest BCUT2D eigenvalue weighted by molar-refractivity contribution is 6.34. The van der Waals surface area contributed by atoms with Crippen LogP contribution in [-0.2, 0) is 0 Å². The Morgan fingerprint density at radius 3 is 2.81 bits per heavy atom. The summed E-state index contributed by atoms with van der Waals surface area (Å²) in [6, 6.07) is 5.14. The number of nitrogens with two attached hydrogens (primary N) is 1. The number of nitrogens with one attached hydrogen (secondary N) is 1. The van der Waals surface area contributed by atoms with Gasteiger partial charge in [0.2, 0.25) is 0 Å². The van der Waals surface area contributed by atoms with Gasteiger partial charge >= 0.3 is 0 Å². The molecule has 1 aromatic carbocycles. The second-order valence-electron chi connectivity index (χ2n) is 3.29. The molecule has 3 N–H and O–H groups in total. The summed E-state index contributed by atoms with van der Waals surface area (Å²) < 4.78 is 0. The predicted octanol–water partition coefficient (Wildman–Crippen LogP) is 1.83. The number of fused-ring (bicyclic) bond motifs is 1. The molecular formula is C11H10ClN3O. The van der Waals surface area contributed by atoms with Gasteiger partial charge in [0.25, 0.3) is 5.91 Å². The van der Waals surface area contributed by atoms with E-state index in [4.69, 9.17) is 17.3 Å². The fourth-order valence-corrected chi connectivity index (χ4v) is 1.72. The molecule has 1 heterocycles. The van der Waals surface area contributed by atoms with E-state index in [9.17, 15) is 4.79 Å². The molecule has 0 spiro atoms. The van der Waals surface area contributed by atoms with Gasteiger partial charge in [-0.1, -0.05) is 17.7 Å². The lowest BCUT2D eigenvalue weighted by atomic mass is 10.1. The number of aromatic nitrogens is 1. The van der Waals surface area contributed by atoms with Gasteiger partial charge in [0.05, 0.1) is 10.7 Å². The number of hydrogen-bond donors (Lipinski definition) is 2. The number of rotatable bonds is 1. The number of nitrogen functional groups attached to an aromatic ring is 1. The van der Waals surface area contributed by atoms with E-state index in [0.29, 0.717) is 21.8 Å². The maximum Gasteiger partial charge on any atom is 0.270 e. The van der Waals surface area contributed by atoms with Crippen LogP contribution in [0.15, 0.2) is 24.4 Å². The summed E-state index contributed by atoms with van der Waals surface area (Å²) in [5.41, 5.74) is 6.65. The van der Waals surface area contributed by atoms with Crippen molar-refractivity contribution in [3.8, 4) is 0 Å². The molecule has 0 atom stereocenters. The first kappa shape index (κ1) is 10.7. The quantitative estimate of drug-likeness (QED) is 0.741. The van der Waals surface area contributed by atoms with E-state index in [1.54, 1.807) is 31.4 Å². The summed E-state index contributed by atoms with van der Waals surface area (Å²) in [7, 11) is 1.56. The van der Waals surface area contributed by atoms with Crippen molar-refractivity contribution in [2.75, 3.05) is 12.8 Å². The highest BCUT2D eigenvalue weighted by atomic mass is 35.5. The number of benzene rings is 1. The second-order valence-corrected chi connectivity index (χ2v) is 3.70. The Kier molecular flexibility index (Phi) is 2.66. The molecule has 82 valence electrons. The molecule has 0 unspecified atom stereocenters. The lowest BCUT2D eigenvalue weighted by Crippen LogP contribution is -2.19. The van der Waals surface area contributed by atoms with Gasteiger partial charge in [-0.15, -0.1) is 0 Å². The van der Waals surface area contributed by atoms with Crippen LogP contribution in [0.25, 0.3) is 10.8 Å². The minimum absolute atomic E-state index is 0.243. The Morgan fingerprint density at radius 2 is 2.12 bits per heavy atom. The SMILES string of the molecule is CNC(=O)c1nccc2c(N)c(Cl)ccc12. The summed E-state index contributed by atoms with van der Waals surface area (Å²) in [5.74, 6) is -0.243. The standard InChI is InChI=1S/C11H10ClN3O/c1-14-11(16)10-7-2-3-8(12)9(13)6(7)4-5-15-10/h2-5H,13H2,1H3,(H,14,16). The van der Waals surface area contributed by atoms with Crippen LogP contribution in [-0.4, -0.2) is 17.9 Å². The third-order valence-electron chi connectivity index (χ3n) is 2.38. The Labute approximate surface area is 97.4 Å². The number of amides is 1. The Morgan fingerprint density at radius 1 is 1.38 bits per heavy atom. The number of pyridine rings is 1. The van der Waals surface area contributed by atoms with Crippen molar-refractivity contribution < 1.29 is 4.79 Å². The van der Waals surface area contributed by atoms with E-state index in [1.807, 2.05) is 0 Å². The number of anilines is 1. The zero-order valence-corrected chi connectivity index (χ0v) is 9.38. The van der Waals surface area contributed by atoms with E-state index in [-0.39, 0.29) is 5.91 Å². The highest BCUT2D eigenvalue weighted by Crippen LogP contribution is 2.29. The lowest BCUT2D eigenvalue weighted by molar-refractivity contribution is 0.0960. The van der Waals surface area contributed by atoms with E-state index < -0.39 is 0 Å². The van der Waals surface area contributed by atoms with Crippen LogP contribution in [0.5, 0.6) is 0 Å². The molecule has 2 aromatic rings. The molecule has 0 radical (unpaired) electrons. The summed E-state index contributed by atoms with van der Waals surface area (Å²) in [5, 5.41) is 4.44. The molecule has 0 aliphatic carbocycles. The van der Waals surface area contributed by atoms with Crippen molar-refractivity contribution in [1.29, 1.82) is 0 Å². The zero-order chi connectivity index (χ0) is 11.7. The minimum Gasteiger partial charge on any atom is -0.397 e. The molecule has 0 fully saturated rings. The fourth-order valence-electron chi connectivity index (χ4n) is 1.55. The number of hydrogen-bond acceptors (Lipinski definition) is 3. The Bertz CT molecular complexity index is 568. The summed E-state index contributed by atoms with van der Waals surface area (Å²) in [4.78, 5) is 15.6. The van der Waals surface area contributed by atoms with Gasteiger partial charge in [0.15, 0.2) is 0 Å². The average molecular weight is 236 g/mol. The molecule has 0 aliphatic rings. The summed E-state index contributed by atoms with van der Waals surface area (Å²) in [6.07, 6.45) is 1.54. The van der Waals surface area contributed by atoms with Crippen molar-refractivity contribution in [3.63, 3.8) is 0 Å². The van der Waals surface area contributed by atoms with E-state index in [1.165, 1.54) is 0 Å². The van der Waals surface area contributed by atoms with Crippen molar-refractivity contribution >= 4 is 34.0 Å². The van der Waals surface area contributed by atoms with Crippen LogP contribution >= 0.6 is 11.6 Å². The fraction of sp³-hybridized carbons (Fsp3) is 0.0909. The molecule has 2 rings (SSSR count). The molecule has 4 nitrogen and oxygen atoms in total. The van der Waals surface area contributed by atoms with Crippen LogP contribution in [0.1, 0.15) is 10.5 Å². The maximum atomic E-state index is 11.6. The summed E-state index contributed by atoms with van der Waals surface area (Å²) >= 11 is 5.91. The van der Waals surface area contributed by atoms with Gasteiger partial charge in [-0.05, 0) is 12.1 Å². The highest BCUT2D eigenvalue weighted by Gasteiger charge is 2.12. The molecule has 0 bridgehead atoms. The molecule has 0 saturated carbocycles. The van der Waals surface area contributed by atoms with E-state index in [0.717, 1.165) is 5.39 Å². The lowest BCUT2D eigenvalue weighted by Gasteiger charge is -2.07. The van der Waals surface area contributed by atoms with Gasteiger partial charge in [-0.3, -0.25) is 9.78 Å². The molecule has 0 saturated heterocycles. The third kappa shape index (κ3) is 1.57. The molecule has 1 aromatic heterocycles. The molecule has 16 heavy (non-hydrogen) atoms. The monoisotopic (exact) mass is 235 g/mol. The Hall–Kier alpha value is -1.81. The molecule has 5 heteroatoms. The molecular weight excluding hydrogens is 226 g/mol. The van der Waals surface area contributed by atoms with Gasteiger partial charge in [-0.2, -0.15) is 0 Å². The van der Waals surface area contributed by atoms with Crippen LogP contribution < -0.4 is 11.1 Å². The molecule has 1 amide bonds. The van der Waals surface area contributed by atoms with Gasteiger partial charge in [0.1, 0.15) is 5.69 Å². The first-order valence-corrected chi connectivity index (χ1v) is 5.07. The Balaban J connectivity index is 2.79. The number of carbonyl (C=O) groups is 1. The first-order chi connectivity index (χ1) is 7.65. The van der Waals surface area contributed by atoms with Crippen LogP contribution in [0.4, 0.5) is 5.69 Å². The van der Waals surface area contributed by atoms with E-state index >= 15 is 0 Å². The van der Waals surface area contributed by atoms with Crippen molar-refractivity contribution in [1.82, 2.24) is 10.3 Å².